The highest BCUT2D eigenvalue weighted by atomic mass is 16.5. The number of rotatable bonds is 5. The maximum Gasteiger partial charge on any atom is 0.328 e. The average Bonchev–Trinajstić information content (AvgIpc) is 2.52. The van der Waals surface area contributed by atoms with Crippen LogP contribution < -0.4 is 0 Å². The lowest BCUT2D eigenvalue weighted by Gasteiger charge is -2.57. The molecule has 0 aromatic heterocycles. The van der Waals surface area contributed by atoms with Crippen LogP contribution in [0.3, 0.4) is 0 Å². The number of carbonyl (C=O) groups excluding carboxylic acids is 1. The van der Waals surface area contributed by atoms with Crippen molar-refractivity contribution in [1.29, 1.82) is 0 Å². The summed E-state index contributed by atoms with van der Waals surface area (Å²) in [4.78, 5) is 23.4. The van der Waals surface area contributed by atoms with E-state index in [0.717, 1.165) is 50.5 Å². The number of fused-ring (bicyclic) bond motifs is 1. The Hall–Kier alpha value is -1.58. The fourth-order valence-corrected chi connectivity index (χ4v) is 5.61. The van der Waals surface area contributed by atoms with Crippen LogP contribution >= 0.6 is 0 Å². The fraction of sp³-hybridized carbons (Fsp3) is 0.714. The molecule has 0 aromatic carbocycles. The first kappa shape index (κ1) is 19.7. The van der Waals surface area contributed by atoms with Gasteiger partial charge in [-0.15, -0.1) is 0 Å². The minimum absolute atomic E-state index is 0.0278. The van der Waals surface area contributed by atoms with E-state index in [4.69, 9.17) is 9.84 Å². The molecular weight excluding hydrogens is 316 g/mol. The summed E-state index contributed by atoms with van der Waals surface area (Å²) < 4.78 is 5.15. The number of carbonyl (C=O) groups is 2. The van der Waals surface area contributed by atoms with Gasteiger partial charge in [0.1, 0.15) is 0 Å². The molecular formula is C21H32O4. The van der Waals surface area contributed by atoms with E-state index in [1.165, 1.54) is 18.8 Å². The number of hydrogen-bond acceptors (Lipinski definition) is 3. The van der Waals surface area contributed by atoms with Gasteiger partial charge in [0.15, 0.2) is 0 Å². The molecule has 0 bridgehead atoms. The summed E-state index contributed by atoms with van der Waals surface area (Å²) in [7, 11) is 1.48. The zero-order valence-electron chi connectivity index (χ0n) is 16.1. The molecule has 2 aliphatic rings. The Kier molecular flexibility index (Phi) is 5.80. The summed E-state index contributed by atoms with van der Waals surface area (Å²) in [5, 5.41) is 8.92. The number of allylic oxidation sites excluding steroid dienone is 2. The molecule has 2 fully saturated rings. The second kappa shape index (κ2) is 7.35. The summed E-state index contributed by atoms with van der Waals surface area (Å²) in [5.41, 5.74) is 1.75. The number of methoxy groups -OCH3 is 1. The van der Waals surface area contributed by atoms with Crippen molar-refractivity contribution >= 4 is 11.9 Å². The quantitative estimate of drug-likeness (QED) is 0.442. The van der Waals surface area contributed by atoms with Crippen LogP contribution in [-0.2, 0) is 14.3 Å². The van der Waals surface area contributed by atoms with Gasteiger partial charge in [-0.05, 0) is 69.6 Å². The molecule has 4 nitrogen and oxygen atoms in total. The normalized spacial score (nSPS) is 35.8. The van der Waals surface area contributed by atoms with Crippen LogP contribution in [-0.4, -0.2) is 24.2 Å². The van der Waals surface area contributed by atoms with E-state index in [-0.39, 0.29) is 11.4 Å². The van der Waals surface area contributed by atoms with Crippen LogP contribution in [0.4, 0.5) is 0 Å². The maximum absolute atomic E-state index is 12.5. The molecule has 1 N–H and O–H groups in total. The van der Waals surface area contributed by atoms with E-state index in [0.29, 0.717) is 11.8 Å². The van der Waals surface area contributed by atoms with E-state index < -0.39 is 11.4 Å². The van der Waals surface area contributed by atoms with Gasteiger partial charge in [-0.25, -0.2) is 4.79 Å². The number of ether oxygens (including phenoxy) is 1. The van der Waals surface area contributed by atoms with Gasteiger partial charge in [-0.2, -0.15) is 0 Å². The van der Waals surface area contributed by atoms with E-state index in [1.807, 2.05) is 6.92 Å². The monoisotopic (exact) mass is 348 g/mol. The Labute approximate surface area is 151 Å². The van der Waals surface area contributed by atoms with Crippen molar-refractivity contribution in [3.8, 4) is 0 Å². The topological polar surface area (TPSA) is 63.6 Å². The second-order valence-corrected chi connectivity index (χ2v) is 8.44. The molecule has 2 rings (SSSR count). The molecule has 0 unspecified atom stereocenters. The highest BCUT2D eigenvalue weighted by molar-refractivity contribution is 5.80. The number of aliphatic carboxylic acids is 1. The van der Waals surface area contributed by atoms with Crippen LogP contribution in [0.15, 0.2) is 23.8 Å². The van der Waals surface area contributed by atoms with Crippen molar-refractivity contribution in [2.24, 2.45) is 22.7 Å². The third-order valence-electron chi connectivity index (χ3n) is 6.87. The number of hydrogen-bond donors (Lipinski definition) is 1. The Morgan fingerprint density at radius 2 is 2.04 bits per heavy atom. The van der Waals surface area contributed by atoms with Gasteiger partial charge in [0.25, 0.3) is 0 Å². The number of carboxylic acids is 1. The number of esters is 1. The molecule has 4 atom stereocenters. The molecule has 0 saturated heterocycles. The average molecular weight is 348 g/mol. The van der Waals surface area contributed by atoms with Crippen LogP contribution in [0, 0.1) is 22.7 Å². The van der Waals surface area contributed by atoms with E-state index in [2.05, 4.69) is 20.4 Å². The van der Waals surface area contributed by atoms with Crippen molar-refractivity contribution in [3.63, 3.8) is 0 Å². The van der Waals surface area contributed by atoms with Crippen molar-refractivity contribution in [2.75, 3.05) is 7.11 Å². The molecule has 2 aliphatic carbocycles. The molecule has 4 heteroatoms. The zero-order chi connectivity index (χ0) is 18.8. The van der Waals surface area contributed by atoms with Gasteiger partial charge in [-0.1, -0.05) is 31.1 Å². The Balaban J connectivity index is 2.27. The molecule has 2 saturated carbocycles. The third kappa shape index (κ3) is 3.68. The first-order chi connectivity index (χ1) is 11.6. The van der Waals surface area contributed by atoms with Gasteiger partial charge < -0.3 is 9.84 Å². The van der Waals surface area contributed by atoms with Crippen LogP contribution in [0.2, 0.25) is 0 Å². The van der Waals surface area contributed by atoms with Gasteiger partial charge in [0, 0.05) is 6.08 Å². The lowest BCUT2D eigenvalue weighted by Crippen LogP contribution is -2.53. The Bertz CT molecular complexity index is 591. The second-order valence-electron chi connectivity index (χ2n) is 8.44. The van der Waals surface area contributed by atoms with Gasteiger partial charge >= 0.3 is 11.9 Å². The summed E-state index contributed by atoms with van der Waals surface area (Å²) >= 11 is 0. The maximum atomic E-state index is 12.5. The third-order valence-corrected chi connectivity index (χ3v) is 6.87. The van der Waals surface area contributed by atoms with Crippen LogP contribution in [0.1, 0.15) is 65.7 Å². The summed E-state index contributed by atoms with van der Waals surface area (Å²) in [6.45, 7) is 10.6. The van der Waals surface area contributed by atoms with Crippen molar-refractivity contribution in [2.45, 2.75) is 65.7 Å². The molecule has 25 heavy (non-hydrogen) atoms. The fourth-order valence-electron chi connectivity index (χ4n) is 5.61. The number of carboxylic acid groups (broad SMARTS) is 1. The van der Waals surface area contributed by atoms with E-state index >= 15 is 0 Å². The molecule has 0 aromatic rings. The molecule has 0 amide bonds. The van der Waals surface area contributed by atoms with Crippen molar-refractivity contribution < 1.29 is 19.4 Å². The molecule has 0 aliphatic heterocycles. The highest BCUT2D eigenvalue weighted by Crippen LogP contribution is 2.62. The smallest absolute Gasteiger partial charge is 0.328 e. The van der Waals surface area contributed by atoms with Crippen molar-refractivity contribution in [1.82, 2.24) is 0 Å². The van der Waals surface area contributed by atoms with Crippen LogP contribution in [0.25, 0.3) is 0 Å². The molecule has 0 heterocycles. The van der Waals surface area contributed by atoms with E-state index in [9.17, 15) is 9.59 Å². The van der Waals surface area contributed by atoms with E-state index in [1.54, 1.807) is 0 Å². The minimum atomic E-state index is -0.889. The van der Waals surface area contributed by atoms with Crippen LogP contribution in [0.5, 0.6) is 0 Å². The lowest BCUT2D eigenvalue weighted by atomic mass is 9.46. The SMILES string of the molecule is C=C1CC[C@H]2[C@](C)(CCC[C@]2(C)C(=O)OC)[C@H]1CC/C(C)=C/C(=O)O. The predicted molar refractivity (Wildman–Crippen MR) is 98.1 cm³/mol. The summed E-state index contributed by atoms with van der Waals surface area (Å²) in [5.74, 6) is -0.357. The Morgan fingerprint density at radius 3 is 2.64 bits per heavy atom. The predicted octanol–water partition coefficient (Wildman–Crippen LogP) is 4.75. The largest absolute Gasteiger partial charge is 0.478 e. The summed E-state index contributed by atoms with van der Waals surface area (Å²) in [6, 6.07) is 0. The van der Waals surface area contributed by atoms with Gasteiger partial charge in [0.05, 0.1) is 12.5 Å². The molecule has 140 valence electrons. The first-order valence-corrected chi connectivity index (χ1v) is 9.31. The standard InChI is InChI=1S/C21H32O4/c1-14(13-18(22)23)7-9-16-15(2)8-10-17-20(16,3)11-6-12-21(17,4)19(24)25-5/h13,16-17H,2,6-12H2,1,3-5H3,(H,22,23)/b14-13+/t16-,17-,20+,21-/m0/s1. The van der Waals surface area contributed by atoms with Gasteiger partial charge in [-0.3, -0.25) is 4.79 Å². The summed E-state index contributed by atoms with van der Waals surface area (Å²) in [6.07, 6.45) is 7.89. The Morgan fingerprint density at radius 1 is 1.36 bits per heavy atom. The van der Waals surface area contributed by atoms with Gasteiger partial charge in [0.2, 0.25) is 0 Å². The minimum Gasteiger partial charge on any atom is -0.478 e. The molecule has 0 spiro atoms. The zero-order valence-corrected chi connectivity index (χ0v) is 16.1. The first-order valence-electron chi connectivity index (χ1n) is 9.31. The molecule has 0 radical (unpaired) electrons. The lowest BCUT2D eigenvalue weighted by molar-refractivity contribution is -0.168. The highest BCUT2D eigenvalue weighted by Gasteiger charge is 2.57. The van der Waals surface area contributed by atoms with Crippen molar-refractivity contribution in [3.05, 3.63) is 23.8 Å².